The van der Waals surface area contributed by atoms with Gasteiger partial charge < -0.3 is 15.2 Å². The van der Waals surface area contributed by atoms with Crippen molar-refractivity contribution in [3.63, 3.8) is 0 Å². The molecule has 1 aromatic carbocycles. The van der Waals surface area contributed by atoms with Crippen molar-refractivity contribution in [1.82, 2.24) is 0 Å². The van der Waals surface area contributed by atoms with E-state index in [1.165, 1.54) is 0 Å². The van der Waals surface area contributed by atoms with Crippen molar-refractivity contribution in [2.75, 3.05) is 20.3 Å². The summed E-state index contributed by atoms with van der Waals surface area (Å²) in [6.45, 7) is 6.42. The molecule has 0 aliphatic carbocycles. The molecule has 1 unspecified atom stereocenters. The summed E-state index contributed by atoms with van der Waals surface area (Å²) in [5, 5.41) is 0. The second kappa shape index (κ2) is 7.29. The zero-order valence-corrected chi connectivity index (χ0v) is 12.8. The molecule has 2 N–H and O–H groups in total. The number of para-hydroxylation sites is 1. The van der Waals surface area contributed by atoms with Crippen LogP contribution < -0.4 is 10.5 Å². The summed E-state index contributed by atoms with van der Waals surface area (Å²) in [5.74, 6) is 0.621. The number of methoxy groups -OCH3 is 1. The monoisotopic (exact) mass is 279 g/mol. The van der Waals surface area contributed by atoms with Crippen molar-refractivity contribution in [2.45, 2.75) is 27.2 Å². The fourth-order valence-corrected chi connectivity index (χ4v) is 2.37. The van der Waals surface area contributed by atoms with Gasteiger partial charge in [-0.3, -0.25) is 4.79 Å². The first-order valence-corrected chi connectivity index (χ1v) is 7.01. The zero-order chi connectivity index (χ0) is 15.2. The highest BCUT2D eigenvalue weighted by atomic mass is 16.5. The average molecular weight is 279 g/mol. The largest absolute Gasteiger partial charge is 0.496 e. The molecule has 0 spiro atoms. The maximum Gasteiger partial charge on any atom is 0.313 e. The van der Waals surface area contributed by atoms with Crippen molar-refractivity contribution in [3.8, 4) is 5.75 Å². The lowest BCUT2D eigenvalue weighted by Gasteiger charge is -2.34. The molecule has 0 amide bonds. The van der Waals surface area contributed by atoms with Gasteiger partial charge >= 0.3 is 5.97 Å². The number of nitrogens with two attached hydrogens (primary N) is 1. The number of hydrogen-bond acceptors (Lipinski definition) is 4. The number of carbonyl (C=O) groups excluding carboxylic acids is 1. The van der Waals surface area contributed by atoms with E-state index in [2.05, 4.69) is 0 Å². The normalized spacial score (nSPS) is 13.9. The molecule has 4 nitrogen and oxygen atoms in total. The smallest absolute Gasteiger partial charge is 0.313 e. The predicted octanol–water partition coefficient (Wildman–Crippen LogP) is 2.40. The first-order valence-electron chi connectivity index (χ1n) is 7.01. The number of esters is 1. The molecule has 0 radical (unpaired) electrons. The standard InChI is InChI=1S/C16H25NO3/c1-5-20-15(18)16(11-17,12(2)3)10-13-8-6-7-9-14(13)19-4/h6-9,12H,5,10-11,17H2,1-4H3. The van der Waals surface area contributed by atoms with Crippen LogP contribution in [0, 0.1) is 11.3 Å². The Morgan fingerprint density at radius 2 is 2.00 bits per heavy atom. The number of rotatable bonds is 7. The summed E-state index contributed by atoms with van der Waals surface area (Å²) in [5.41, 5.74) is 6.19. The van der Waals surface area contributed by atoms with Crippen LogP contribution in [0.2, 0.25) is 0 Å². The van der Waals surface area contributed by atoms with Crippen LogP contribution in [-0.4, -0.2) is 26.2 Å². The van der Waals surface area contributed by atoms with Crippen molar-refractivity contribution in [2.24, 2.45) is 17.1 Å². The van der Waals surface area contributed by atoms with Gasteiger partial charge in [0.25, 0.3) is 0 Å². The van der Waals surface area contributed by atoms with Gasteiger partial charge in [0.1, 0.15) is 5.75 Å². The lowest BCUT2D eigenvalue weighted by Crippen LogP contribution is -2.46. The van der Waals surface area contributed by atoms with E-state index in [4.69, 9.17) is 15.2 Å². The molecule has 1 aromatic rings. The Morgan fingerprint density at radius 1 is 1.35 bits per heavy atom. The number of hydrogen-bond donors (Lipinski definition) is 1. The van der Waals surface area contributed by atoms with Crippen molar-refractivity contribution in [3.05, 3.63) is 29.8 Å². The Balaban J connectivity index is 3.15. The van der Waals surface area contributed by atoms with Gasteiger partial charge in [-0.2, -0.15) is 0 Å². The van der Waals surface area contributed by atoms with E-state index in [9.17, 15) is 4.79 Å². The Bertz CT molecular complexity index is 445. The van der Waals surface area contributed by atoms with E-state index in [-0.39, 0.29) is 18.4 Å². The van der Waals surface area contributed by atoms with E-state index in [0.29, 0.717) is 13.0 Å². The van der Waals surface area contributed by atoms with Crippen LogP contribution in [0.4, 0.5) is 0 Å². The van der Waals surface area contributed by atoms with Gasteiger partial charge in [0.05, 0.1) is 19.1 Å². The lowest BCUT2D eigenvalue weighted by atomic mass is 9.72. The summed E-state index contributed by atoms with van der Waals surface area (Å²) in [7, 11) is 1.63. The summed E-state index contributed by atoms with van der Waals surface area (Å²) in [4.78, 5) is 12.4. The van der Waals surface area contributed by atoms with E-state index in [1.807, 2.05) is 45.0 Å². The molecular weight excluding hydrogens is 254 g/mol. The molecule has 4 heteroatoms. The van der Waals surface area contributed by atoms with Crippen molar-refractivity contribution < 1.29 is 14.3 Å². The van der Waals surface area contributed by atoms with E-state index in [0.717, 1.165) is 11.3 Å². The van der Waals surface area contributed by atoms with Gasteiger partial charge in [0.2, 0.25) is 0 Å². The molecule has 20 heavy (non-hydrogen) atoms. The Hall–Kier alpha value is -1.55. The van der Waals surface area contributed by atoms with Crippen molar-refractivity contribution >= 4 is 5.97 Å². The molecule has 0 aliphatic rings. The zero-order valence-electron chi connectivity index (χ0n) is 12.8. The highest BCUT2D eigenvalue weighted by Crippen LogP contribution is 2.35. The summed E-state index contributed by atoms with van der Waals surface area (Å²) >= 11 is 0. The molecule has 1 rings (SSSR count). The first kappa shape index (κ1) is 16.5. The molecule has 0 bridgehead atoms. The minimum absolute atomic E-state index is 0.0801. The molecule has 0 fully saturated rings. The molecule has 112 valence electrons. The second-order valence-electron chi connectivity index (χ2n) is 5.22. The third-order valence-electron chi connectivity index (χ3n) is 3.85. The fourth-order valence-electron chi connectivity index (χ4n) is 2.37. The van der Waals surface area contributed by atoms with Crippen LogP contribution in [0.3, 0.4) is 0 Å². The molecule has 0 aliphatic heterocycles. The van der Waals surface area contributed by atoms with Crippen LogP contribution in [0.1, 0.15) is 26.3 Å². The van der Waals surface area contributed by atoms with Crippen LogP contribution in [0.5, 0.6) is 5.75 Å². The Morgan fingerprint density at radius 3 is 2.50 bits per heavy atom. The Labute approximate surface area is 121 Å². The summed E-state index contributed by atoms with van der Waals surface area (Å²) < 4.78 is 10.6. The van der Waals surface area contributed by atoms with E-state index in [1.54, 1.807) is 7.11 Å². The molecular formula is C16H25NO3. The maximum absolute atomic E-state index is 12.4. The highest BCUT2D eigenvalue weighted by Gasteiger charge is 2.42. The van der Waals surface area contributed by atoms with Gasteiger partial charge in [0.15, 0.2) is 0 Å². The van der Waals surface area contributed by atoms with Crippen LogP contribution in [-0.2, 0) is 16.0 Å². The van der Waals surface area contributed by atoms with Crippen molar-refractivity contribution in [1.29, 1.82) is 0 Å². The van der Waals surface area contributed by atoms with Crippen LogP contribution in [0.25, 0.3) is 0 Å². The summed E-state index contributed by atoms with van der Waals surface area (Å²) in [6, 6.07) is 7.70. The van der Waals surface area contributed by atoms with Crippen LogP contribution in [0.15, 0.2) is 24.3 Å². The highest BCUT2D eigenvalue weighted by molar-refractivity contribution is 5.78. The second-order valence-corrected chi connectivity index (χ2v) is 5.22. The predicted molar refractivity (Wildman–Crippen MR) is 79.7 cm³/mol. The third-order valence-corrected chi connectivity index (χ3v) is 3.85. The van der Waals surface area contributed by atoms with Gasteiger partial charge in [0, 0.05) is 6.54 Å². The van der Waals surface area contributed by atoms with Crippen LogP contribution >= 0.6 is 0 Å². The average Bonchev–Trinajstić information content (AvgIpc) is 2.45. The molecule has 0 saturated heterocycles. The minimum atomic E-state index is -0.718. The fraction of sp³-hybridized carbons (Fsp3) is 0.562. The molecule has 0 aromatic heterocycles. The number of ether oxygens (including phenoxy) is 2. The maximum atomic E-state index is 12.4. The van der Waals surface area contributed by atoms with E-state index >= 15 is 0 Å². The first-order chi connectivity index (χ1) is 9.51. The van der Waals surface area contributed by atoms with E-state index < -0.39 is 5.41 Å². The minimum Gasteiger partial charge on any atom is -0.496 e. The summed E-state index contributed by atoms with van der Waals surface area (Å²) in [6.07, 6.45) is 0.518. The number of carbonyl (C=O) groups is 1. The Kier molecular flexibility index (Phi) is 6.02. The SMILES string of the molecule is CCOC(=O)C(CN)(Cc1ccccc1OC)C(C)C. The topological polar surface area (TPSA) is 61.5 Å². The molecule has 1 atom stereocenters. The van der Waals surface area contributed by atoms with Gasteiger partial charge in [-0.15, -0.1) is 0 Å². The number of benzene rings is 1. The molecule has 0 heterocycles. The third kappa shape index (κ3) is 3.31. The van der Waals surface area contributed by atoms with Gasteiger partial charge in [-0.1, -0.05) is 32.0 Å². The lowest BCUT2D eigenvalue weighted by molar-refractivity contribution is -0.157. The van der Waals surface area contributed by atoms with Gasteiger partial charge in [-0.25, -0.2) is 0 Å². The van der Waals surface area contributed by atoms with Gasteiger partial charge in [-0.05, 0) is 30.9 Å². The quantitative estimate of drug-likeness (QED) is 0.779. The molecule has 0 saturated carbocycles.